The van der Waals surface area contributed by atoms with Gasteiger partial charge in [0.05, 0.1) is 27.6 Å². The first-order chi connectivity index (χ1) is 15.0. The SMILES string of the molecule is O=C(c1cccc(N2C(=O)C3C(C2=O)C2(Cl)C(Cl)=C(Cl)C3(Cl)C2(Cl)Cl)c1)N1CCCCC1. The molecule has 0 radical (unpaired) electrons. The lowest BCUT2D eigenvalue weighted by Crippen LogP contribution is -2.50. The van der Waals surface area contributed by atoms with Crippen molar-refractivity contribution in [2.24, 2.45) is 11.8 Å². The molecular formula is C21H16Cl6N2O3. The molecule has 0 aromatic heterocycles. The average molecular weight is 557 g/mol. The van der Waals surface area contributed by atoms with Gasteiger partial charge in [-0.1, -0.05) is 52.5 Å². The maximum absolute atomic E-state index is 13.5. The van der Waals surface area contributed by atoms with Crippen LogP contribution in [0.25, 0.3) is 0 Å². The Morgan fingerprint density at radius 2 is 1.41 bits per heavy atom. The van der Waals surface area contributed by atoms with E-state index in [1.165, 1.54) is 6.07 Å². The number of carbonyl (C=O) groups excluding carboxylic acids is 3. The summed E-state index contributed by atoms with van der Waals surface area (Å²) < 4.78 is -1.98. The van der Waals surface area contributed by atoms with Crippen LogP contribution in [-0.4, -0.2) is 49.8 Å². The van der Waals surface area contributed by atoms with E-state index in [1.54, 1.807) is 23.1 Å². The number of hydrogen-bond donors (Lipinski definition) is 0. The van der Waals surface area contributed by atoms with Crippen molar-refractivity contribution >= 4 is 93.0 Å². The highest BCUT2D eigenvalue weighted by atomic mass is 35.5. The topological polar surface area (TPSA) is 57.7 Å². The van der Waals surface area contributed by atoms with Gasteiger partial charge in [-0.2, -0.15) is 0 Å². The minimum absolute atomic E-state index is 0.140. The number of allylic oxidation sites excluding steroid dienone is 2. The van der Waals surface area contributed by atoms with E-state index >= 15 is 0 Å². The quantitative estimate of drug-likeness (QED) is 0.369. The van der Waals surface area contributed by atoms with Crippen molar-refractivity contribution in [1.82, 2.24) is 4.90 Å². The molecule has 3 fully saturated rings. The second-order valence-electron chi connectivity index (χ2n) is 8.50. The predicted molar refractivity (Wildman–Crippen MR) is 126 cm³/mol. The van der Waals surface area contributed by atoms with Crippen LogP contribution in [0.15, 0.2) is 34.3 Å². The highest BCUT2D eigenvalue weighted by Crippen LogP contribution is 2.77. The average Bonchev–Trinajstić information content (AvgIpc) is 3.17. The fourth-order valence-corrected chi connectivity index (χ4v) is 8.24. The Morgan fingerprint density at radius 1 is 0.875 bits per heavy atom. The number of amides is 3. The van der Waals surface area contributed by atoms with Crippen LogP contribution >= 0.6 is 69.6 Å². The van der Waals surface area contributed by atoms with Gasteiger partial charge in [0.25, 0.3) is 5.91 Å². The first-order valence-electron chi connectivity index (χ1n) is 10.1. The second-order valence-corrected chi connectivity index (χ2v) is 11.8. The van der Waals surface area contributed by atoms with Crippen LogP contribution in [0.1, 0.15) is 29.6 Å². The number of halogens is 6. The van der Waals surface area contributed by atoms with E-state index in [0.717, 1.165) is 24.2 Å². The van der Waals surface area contributed by atoms with Crippen molar-refractivity contribution in [2.45, 2.75) is 33.3 Å². The van der Waals surface area contributed by atoms with Crippen molar-refractivity contribution in [1.29, 1.82) is 0 Å². The number of likely N-dealkylation sites (tertiary alicyclic amines) is 1. The smallest absolute Gasteiger partial charge is 0.253 e. The standard InChI is InChI=1S/C21H16Cl6N2O3/c22-14-15(23)20(25)13-12(19(14,24)21(20,26)27)17(31)29(18(13)32)11-6-4-5-10(9-11)16(30)28-7-2-1-3-8-28/h4-6,9,12-13H,1-3,7-8H2. The van der Waals surface area contributed by atoms with Gasteiger partial charge in [-0.15, -0.1) is 23.2 Å². The highest BCUT2D eigenvalue weighted by molar-refractivity contribution is 6.67. The molecule has 4 atom stereocenters. The van der Waals surface area contributed by atoms with Crippen molar-refractivity contribution in [3.05, 3.63) is 39.9 Å². The van der Waals surface area contributed by atoms with Crippen LogP contribution in [0.3, 0.4) is 0 Å². The third kappa shape index (κ3) is 2.59. The van der Waals surface area contributed by atoms with Gasteiger partial charge >= 0.3 is 0 Å². The number of carbonyl (C=O) groups is 3. The molecule has 0 N–H and O–H groups in total. The number of alkyl halides is 4. The minimum Gasteiger partial charge on any atom is -0.339 e. The molecule has 1 aromatic carbocycles. The maximum Gasteiger partial charge on any atom is 0.253 e. The van der Waals surface area contributed by atoms with Crippen LogP contribution in [-0.2, 0) is 9.59 Å². The zero-order valence-corrected chi connectivity index (χ0v) is 20.9. The molecule has 170 valence electrons. The summed E-state index contributed by atoms with van der Waals surface area (Å²) in [5.41, 5.74) is 0.614. The summed E-state index contributed by atoms with van der Waals surface area (Å²) in [6.07, 6.45) is 2.98. The molecule has 3 amide bonds. The third-order valence-corrected chi connectivity index (χ3v) is 11.2. The molecule has 4 unspecified atom stereocenters. The molecule has 2 saturated heterocycles. The van der Waals surface area contributed by atoms with Gasteiger partial charge in [-0.05, 0) is 37.5 Å². The lowest BCUT2D eigenvalue weighted by Gasteiger charge is -2.34. The summed E-state index contributed by atoms with van der Waals surface area (Å²) >= 11 is 39.1. The van der Waals surface area contributed by atoms with Crippen molar-refractivity contribution in [2.75, 3.05) is 18.0 Å². The van der Waals surface area contributed by atoms with Gasteiger partial charge in [0, 0.05) is 18.7 Å². The number of rotatable bonds is 2. The summed E-state index contributed by atoms with van der Waals surface area (Å²) in [7, 11) is 0. The maximum atomic E-state index is 13.5. The number of imide groups is 1. The lowest BCUT2D eigenvalue weighted by atomic mass is 9.84. The molecule has 11 heteroatoms. The number of anilines is 1. The molecule has 32 heavy (non-hydrogen) atoms. The second kappa shape index (κ2) is 7.40. The Labute approximate surface area is 214 Å². The first kappa shape index (κ1) is 23.1. The minimum atomic E-state index is -1.98. The Balaban J connectivity index is 1.53. The lowest BCUT2D eigenvalue weighted by molar-refractivity contribution is -0.123. The molecule has 2 aliphatic heterocycles. The highest BCUT2D eigenvalue weighted by Gasteiger charge is 2.87. The van der Waals surface area contributed by atoms with E-state index in [1.807, 2.05) is 0 Å². The molecular weight excluding hydrogens is 541 g/mol. The zero-order chi connectivity index (χ0) is 23.2. The van der Waals surface area contributed by atoms with Gasteiger partial charge in [-0.25, -0.2) is 4.90 Å². The van der Waals surface area contributed by atoms with Crippen LogP contribution in [0.2, 0.25) is 0 Å². The van der Waals surface area contributed by atoms with Crippen molar-refractivity contribution < 1.29 is 14.4 Å². The zero-order valence-electron chi connectivity index (χ0n) is 16.4. The van der Waals surface area contributed by atoms with Gasteiger partial charge in [0.15, 0.2) is 4.33 Å². The Bertz CT molecular complexity index is 1050. The van der Waals surface area contributed by atoms with E-state index < -0.39 is 37.7 Å². The van der Waals surface area contributed by atoms with E-state index in [-0.39, 0.29) is 21.7 Å². The number of piperidine rings is 1. The monoisotopic (exact) mass is 554 g/mol. The number of nitrogens with zero attached hydrogens (tertiary/aromatic N) is 2. The molecule has 2 aliphatic carbocycles. The predicted octanol–water partition coefficient (Wildman–Crippen LogP) is 5.26. The fourth-order valence-electron chi connectivity index (χ4n) is 5.31. The van der Waals surface area contributed by atoms with E-state index in [0.29, 0.717) is 18.7 Å². The van der Waals surface area contributed by atoms with Crippen LogP contribution in [0.4, 0.5) is 5.69 Å². The van der Waals surface area contributed by atoms with E-state index in [2.05, 4.69) is 0 Å². The summed E-state index contributed by atoms with van der Waals surface area (Å²) in [5, 5.41) is -0.279. The van der Waals surface area contributed by atoms with Gasteiger partial charge in [0.1, 0.15) is 9.75 Å². The molecule has 4 aliphatic rings. The summed E-state index contributed by atoms with van der Waals surface area (Å²) in [5.74, 6) is -3.86. The van der Waals surface area contributed by atoms with Crippen molar-refractivity contribution in [3.8, 4) is 0 Å². The largest absolute Gasteiger partial charge is 0.339 e. The first-order valence-corrected chi connectivity index (χ1v) is 12.4. The normalized spacial score (nSPS) is 35.7. The number of hydrogen-bond acceptors (Lipinski definition) is 3. The van der Waals surface area contributed by atoms with Crippen LogP contribution in [0.5, 0.6) is 0 Å². The Kier molecular flexibility index (Phi) is 5.34. The van der Waals surface area contributed by atoms with Gasteiger partial charge in [-0.3, -0.25) is 14.4 Å². The number of fused-ring (bicyclic) bond motifs is 5. The molecule has 5 nitrogen and oxygen atoms in total. The molecule has 1 aromatic rings. The molecule has 0 spiro atoms. The molecule has 2 heterocycles. The summed E-state index contributed by atoms with van der Waals surface area (Å²) in [6.45, 7) is 1.35. The van der Waals surface area contributed by atoms with E-state index in [9.17, 15) is 14.4 Å². The third-order valence-electron chi connectivity index (χ3n) is 6.90. The van der Waals surface area contributed by atoms with Crippen LogP contribution < -0.4 is 4.90 Å². The summed E-state index contributed by atoms with van der Waals surface area (Å²) in [6, 6.07) is 6.36. The number of benzene rings is 1. The van der Waals surface area contributed by atoms with Crippen LogP contribution in [0, 0.1) is 11.8 Å². The van der Waals surface area contributed by atoms with Gasteiger partial charge in [0.2, 0.25) is 11.8 Å². The molecule has 1 saturated carbocycles. The molecule has 2 bridgehead atoms. The summed E-state index contributed by atoms with van der Waals surface area (Å²) in [4.78, 5) is 38.9. The Morgan fingerprint density at radius 3 is 1.94 bits per heavy atom. The van der Waals surface area contributed by atoms with E-state index in [4.69, 9.17) is 69.6 Å². The van der Waals surface area contributed by atoms with Crippen molar-refractivity contribution in [3.63, 3.8) is 0 Å². The van der Waals surface area contributed by atoms with Gasteiger partial charge < -0.3 is 4.90 Å². The molecule has 5 rings (SSSR count). The Hall–Kier alpha value is -0.690. The fraction of sp³-hybridized carbons (Fsp3) is 0.476.